The van der Waals surface area contributed by atoms with Crippen LogP contribution in [-0.2, 0) is 125 Å². The SMILES string of the molecule is CC(=O)OC[C@H]1OC(Oc2ccc(C(=O)NCCOCCOCCOCCN=[N+]=[N-])cc2O)[C@H](OC(C)=O)[C@@H](OC(C)=O)[C@H]1OC(C)=O.CC(=O)OC[C@H]1OC(Oc2ccc(C(=O)NCCOCCOCCOCCN=[N+]=[N-])cc2OS(=O)(=O)F)[C@H](OC(C)=O)[C@@H](OC(C)=O)[C@H]1OC(C)=O. The van der Waals surface area contributed by atoms with Gasteiger partial charge in [0.1, 0.15) is 25.4 Å². The third-order valence-electron chi connectivity index (χ3n) is 12.3. The number of esters is 8. The Morgan fingerprint density at radius 3 is 1.14 bits per heavy atom. The number of halogens is 1. The number of hydrogen-bond donors (Lipinski definition) is 3. The topological polar surface area (TPSA) is 522 Å². The molecule has 4 rings (SSSR count). The van der Waals surface area contributed by atoms with Crippen LogP contribution in [0.1, 0.15) is 76.1 Å². The average molecular weight is 1450 g/mol. The quantitative estimate of drug-likeness (QED) is 0.0162. The van der Waals surface area contributed by atoms with Crippen molar-refractivity contribution in [3.05, 3.63) is 68.4 Å². The van der Waals surface area contributed by atoms with Crippen LogP contribution in [0.5, 0.6) is 23.0 Å². The van der Waals surface area contributed by atoms with Crippen LogP contribution < -0.4 is 24.3 Å². The first kappa shape index (κ1) is 84.7. The van der Waals surface area contributed by atoms with E-state index >= 15 is 0 Å². The summed E-state index contributed by atoms with van der Waals surface area (Å²) < 4.78 is 138. The molecule has 2 aromatic rings. The third kappa shape index (κ3) is 33.9. The smallest absolute Gasteiger partial charge is 0.488 e. The van der Waals surface area contributed by atoms with Gasteiger partial charge in [0.2, 0.25) is 24.8 Å². The van der Waals surface area contributed by atoms with E-state index in [1.807, 2.05) is 0 Å². The van der Waals surface area contributed by atoms with Gasteiger partial charge in [-0.25, -0.2) is 0 Å². The molecule has 0 radical (unpaired) electrons. The molecule has 2 aromatic carbocycles. The molecule has 0 spiro atoms. The number of carbonyl (C=O) groups excluding carboxylic acids is 10. The molecule has 10 atom stereocenters. The molecular formula is C58H79FN8O32S. The molecule has 3 N–H and O–H groups in total. The zero-order chi connectivity index (χ0) is 74.2. The maximum atomic E-state index is 13.8. The first-order valence-corrected chi connectivity index (χ1v) is 31.4. The van der Waals surface area contributed by atoms with Crippen LogP contribution in [-0.4, -0.2) is 253 Å². The Balaban J connectivity index is 0.000000522. The van der Waals surface area contributed by atoms with Gasteiger partial charge in [0.15, 0.2) is 47.4 Å². The summed E-state index contributed by atoms with van der Waals surface area (Å²) in [6, 6.07) is 6.72. The summed E-state index contributed by atoms with van der Waals surface area (Å²) in [5.74, 6) is -10.0. The molecule has 0 aromatic heterocycles. The summed E-state index contributed by atoms with van der Waals surface area (Å²) in [7, 11) is -5.71. The predicted molar refractivity (Wildman–Crippen MR) is 328 cm³/mol. The highest BCUT2D eigenvalue weighted by molar-refractivity contribution is 7.81. The number of carbonyl (C=O) groups is 10. The van der Waals surface area contributed by atoms with Crippen LogP contribution >= 0.6 is 0 Å². The van der Waals surface area contributed by atoms with E-state index in [0.717, 1.165) is 79.7 Å². The Hall–Kier alpha value is -9.48. The van der Waals surface area contributed by atoms with Crippen LogP contribution in [0.15, 0.2) is 46.6 Å². The lowest BCUT2D eigenvalue weighted by molar-refractivity contribution is -0.288. The Kier molecular flexibility index (Phi) is 39.0. The number of nitrogens with one attached hydrogen (secondary N) is 2. The minimum absolute atomic E-state index is 0.00193. The summed E-state index contributed by atoms with van der Waals surface area (Å²) in [4.78, 5) is 126. The molecule has 2 unspecified atom stereocenters. The fourth-order valence-corrected chi connectivity index (χ4v) is 8.90. The van der Waals surface area contributed by atoms with Crippen molar-refractivity contribution in [3.63, 3.8) is 0 Å². The van der Waals surface area contributed by atoms with E-state index in [9.17, 15) is 65.4 Å². The second kappa shape index (κ2) is 46.0. The maximum absolute atomic E-state index is 13.8. The largest absolute Gasteiger partial charge is 0.504 e. The summed E-state index contributed by atoms with van der Waals surface area (Å²) in [5, 5.41) is 22.5. The molecule has 2 amide bonds. The zero-order valence-electron chi connectivity index (χ0n) is 55.5. The number of phenolic OH excluding ortho intramolecular Hbond substituents is 1. The van der Waals surface area contributed by atoms with Gasteiger partial charge >= 0.3 is 58.3 Å². The van der Waals surface area contributed by atoms with E-state index in [-0.39, 0.29) is 89.3 Å². The highest BCUT2D eigenvalue weighted by atomic mass is 32.3. The van der Waals surface area contributed by atoms with Gasteiger partial charge in [-0.2, -0.15) is 8.42 Å². The first-order valence-electron chi connectivity index (χ1n) is 30.1. The van der Waals surface area contributed by atoms with Gasteiger partial charge in [-0.05, 0) is 47.5 Å². The van der Waals surface area contributed by atoms with Gasteiger partial charge in [0.25, 0.3) is 11.8 Å². The number of aromatic hydroxyl groups is 1. The Labute approximate surface area is 570 Å². The average Bonchev–Trinajstić information content (AvgIpc) is 0.786. The van der Waals surface area contributed by atoms with Crippen molar-refractivity contribution in [2.45, 2.75) is 117 Å². The van der Waals surface area contributed by atoms with E-state index in [2.05, 4.69) is 34.9 Å². The molecule has 2 aliphatic rings. The van der Waals surface area contributed by atoms with Crippen molar-refractivity contribution in [1.29, 1.82) is 0 Å². The monoisotopic (exact) mass is 1450 g/mol. The number of rotatable bonds is 42. The maximum Gasteiger partial charge on any atom is 0.488 e. The van der Waals surface area contributed by atoms with Gasteiger partial charge in [-0.1, -0.05) is 14.1 Å². The lowest BCUT2D eigenvalue weighted by Gasteiger charge is -2.43. The summed E-state index contributed by atoms with van der Waals surface area (Å²) in [6.07, 6.45) is -15.3. The number of hydrogen-bond acceptors (Lipinski definition) is 34. The van der Waals surface area contributed by atoms with E-state index in [4.69, 9.17) is 96.3 Å². The van der Waals surface area contributed by atoms with E-state index in [1.54, 1.807) is 0 Å². The van der Waals surface area contributed by atoms with Gasteiger partial charge < -0.3 is 105 Å². The molecule has 0 bridgehead atoms. The Morgan fingerprint density at radius 2 is 0.790 bits per heavy atom. The van der Waals surface area contributed by atoms with Crippen molar-refractivity contribution in [2.75, 3.05) is 119 Å². The van der Waals surface area contributed by atoms with Gasteiger partial charge in [-0.3, -0.25) is 47.9 Å². The Bertz CT molecular complexity index is 3250. The second-order valence-corrected chi connectivity index (χ2v) is 21.2. The van der Waals surface area contributed by atoms with Gasteiger partial charge in [0, 0.05) is 103 Å². The van der Waals surface area contributed by atoms with Crippen LogP contribution in [0.4, 0.5) is 3.89 Å². The standard InChI is InChI=1S/C29H39FN4O17S.C29H40N4O15/c1-17(35)45-16-24-25(46-18(2)36)26(47-19(3)37)27(48-20(4)38)29(50-24)49-22-6-5-21(15-23(22)51-52(30,40)41)28(39)32-7-9-42-11-13-44-14-12-43-10-8-33-34-31;1-17(34)43-16-24-25(44-18(2)35)26(45-19(3)36)27(46-20(4)37)29(48-24)47-23-6-5-21(15-22(23)38)28(39)31-7-9-40-11-13-42-14-12-41-10-8-32-33-30/h5-6,15,24-27,29H,7-14,16H2,1-4H3,(H,32,39);5-6,15,24-27,29,38H,7-14,16H2,1-4H3,(H,31,39)/t2*24-,25+,26+,27-,29?/m11/s1. The number of ether oxygens (including phenoxy) is 18. The Morgan fingerprint density at radius 1 is 0.460 bits per heavy atom. The number of azide groups is 2. The van der Waals surface area contributed by atoms with Gasteiger partial charge in [0.05, 0.1) is 79.3 Å². The summed E-state index contributed by atoms with van der Waals surface area (Å²) in [5.41, 5.74) is 16.2. The third-order valence-corrected chi connectivity index (χ3v) is 12.7. The molecular weight excluding hydrogens is 1370 g/mol. The number of phenols is 1. The predicted octanol–water partition coefficient (Wildman–Crippen LogP) is 1.78. The van der Waals surface area contributed by atoms with E-state index in [0.29, 0.717) is 33.0 Å². The minimum Gasteiger partial charge on any atom is -0.504 e. The van der Waals surface area contributed by atoms with Crippen molar-refractivity contribution in [1.82, 2.24) is 10.6 Å². The molecule has 40 nitrogen and oxygen atoms in total. The van der Waals surface area contributed by atoms with Crippen molar-refractivity contribution < 1.29 is 155 Å². The summed E-state index contributed by atoms with van der Waals surface area (Å²) in [6.45, 7) is 11.1. The van der Waals surface area contributed by atoms with Gasteiger partial charge in [-0.15, -0.1) is 0 Å². The molecule has 2 saturated heterocycles. The number of amides is 2. The van der Waals surface area contributed by atoms with Crippen LogP contribution in [0.3, 0.4) is 0 Å². The molecule has 100 heavy (non-hydrogen) atoms. The summed E-state index contributed by atoms with van der Waals surface area (Å²) >= 11 is 0. The second-order valence-electron chi connectivity index (χ2n) is 20.3. The fourth-order valence-electron chi connectivity index (χ4n) is 8.56. The fraction of sp³-hybridized carbons (Fsp3) is 0.621. The molecule has 2 fully saturated rings. The molecule has 0 saturated carbocycles. The first-order chi connectivity index (χ1) is 47.5. The van der Waals surface area contributed by atoms with E-state index < -0.39 is 162 Å². The van der Waals surface area contributed by atoms with Crippen LogP contribution in [0.2, 0.25) is 0 Å². The molecule has 2 heterocycles. The number of nitrogens with zero attached hydrogens (tertiary/aromatic N) is 6. The highest BCUT2D eigenvalue weighted by Gasteiger charge is 2.55. The highest BCUT2D eigenvalue weighted by Crippen LogP contribution is 2.37. The van der Waals surface area contributed by atoms with Crippen molar-refractivity contribution in [2.24, 2.45) is 10.2 Å². The lowest BCUT2D eigenvalue weighted by atomic mass is 9.98. The lowest BCUT2D eigenvalue weighted by Crippen LogP contribution is -2.63. The normalized spacial score (nSPS) is 19.9. The van der Waals surface area contributed by atoms with Crippen LogP contribution in [0, 0.1) is 0 Å². The molecule has 0 aliphatic carbocycles. The van der Waals surface area contributed by atoms with Crippen molar-refractivity contribution in [3.8, 4) is 23.0 Å². The minimum atomic E-state index is -5.71. The molecule has 556 valence electrons. The van der Waals surface area contributed by atoms with E-state index in [1.165, 1.54) is 12.1 Å². The number of benzene rings is 2. The molecule has 42 heteroatoms. The molecule has 2 aliphatic heterocycles. The zero-order valence-corrected chi connectivity index (χ0v) is 56.4. The van der Waals surface area contributed by atoms with Crippen LogP contribution in [0.25, 0.3) is 20.9 Å². The van der Waals surface area contributed by atoms with Crippen molar-refractivity contribution >= 4 is 70.1 Å².